The van der Waals surface area contributed by atoms with Crippen LogP contribution in [-0.2, 0) is 10.0 Å². The molecule has 7 heteroatoms. The molecular formula is C24H30N4O2S. The average molecular weight is 439 g/mol. The highest BCUT2D eigenvalue weighted by Gasteiger charge is 2.27. The molecule has 0 bridgehead atoms. The Balaban J connectivity index is 1.99. The van der Waals surface area contributed by atoms with Crippen LogP contribution in [0.25, 0.3) is 0 Å². The number of nitrogens with zero attached hydrogens (tertiary/aromatic N) is 2. The molecule has 0 amide bonds. The molecule has 0 aromatic heterocycles. The van der Waals surface area contributed by atoms with Crippen molar-refractivity contribution in [3.8, 4) is 0 Å². The van der Waals surface area contributed by atoms with Gasteiger partial charge in [-0.3, -0.25) is 0 Å². The highest BCUT2D eigenvalue weighted by molar-refractivity contribution is 7.89. The molecule has 0 aliphatic carbocycles. The Morgan fingerprint density at radius 2 is 1.16 bits per heavy atom. The molecule has 0 saturated carbocycles. The average Bonchev–Trinajstić information content (AvgIpc) is 2.78. The van der Waals surface area contributed by atoms with Crippen LogP contribution in [-0.4, -0.2) is 36.6 Å². The molecule has 164 valence electrons. The van der Waals surface area contributed by atoms with E-state index in [1.807, 2.05) is 86.5 Å². The normalized spacial score (nSPS) is 13.5. The number of rotatable bonds is 8. The van der Waals surface area contributed by atoms with Crippen molar-refractivity contribution in [1.82, 2.24) is 4.72 Å². The molecule has 0 aliphatic rings. The first-order valence-electron chi connectivity index (χ1n) is 10.1. The monoisotopic (exact) mass is 438 g/mol. The summed E-state index contributed by atoms with van der Waals surface area (Å²) in [6, 6.07) is 22.7. The van der Waals surface area contributed by atoms with Crippen molar-refractivity contribution < 1.29 is 8.42 Å². The van der Waals surface area contributed by atoms with E-state index in [1.165, 1.54) is 0 Å². The van der Waals surface area contributed by atoms with Gasteiger partial charge in [-0.1, -0.05) is 42.5 Å². The van der Waals surface area contributed by atoms with Gasteiger partial charge in [-0.25, -0.2) is 13.1 Å². The fourth-order valence-electron chi connectivity index (χ4n) is 3.35. The molecule has 6 nitrogen and oxygen atoms in total. The molecule has 0 saturated heterocycles. The summed E-state index contributed by atoms with van der Waals surface area (Å²) in [5.41, 5.74) is 10.4. The van der Waals surface area contributed by atoms with E-state index in [0.717, 1.165) is 22.5 Å². The first-order chi connectivity index (χ1) is 14.7. The van der Waals surface area contributed by atoms with E-state index < -0.39 is 22.1 Å². The third kappa shape index (κ3) is 5.44. The molecule has 0 aliphatic heterocycles. The first kappa shape index (κ1) is 22.8. The van der Waals surface area contributed by atoms with Crippen LogP contribution in [0.4, 0.5) is 11.4 Å². The summed E-state index contributed by atoms with van der Waals surface area (Å²) in [6.45, 7) is 0. The second-order valence-corrected chi connectivity index (χ2v) is 9.62. The zero-order valence-electron chi connectivity index (χ0n) is 18.4. The van der Waals surface area contributed by atoms with Gasteiger partial charge in [0.2, 0.25) is 10.0 Å². The van der Waals surface area contributed by atoms with Crippen molar-refractivity contribution >= 4 is 21.4 Å². The summed E-state index contributed by atoms with van der Waals surface area (Å²) < 4.78 is 29.0. The van der Waals surface area contributed by atoms with Crippen LogP contribution in [0.2, 0.25) is 0 Å². The van der Waals surface area contributed by atoms with Gasteiger partial charge < -0.3 is 15.5 Å². The SMILES string of the molecule is CN(C)c1ccc([C@@H](N)[C@H](NS(=O)(=O)c2ccccc2)c2ccc(N(C)C)cc2)cc1. The van der Waals surface area contributed by atoms with Crippen LogP contribution < -0.4 is 20.3 Å². The number of hydrogen-bond acceptors (Lipinski definition) is 5. The van der Waals surface area contributed by atoms with Crippen LogP contribution in [0.3, 0.4) is 0 Å². The van der Waals surface area contributed by atoms with E-state index in [1.54, 1.807) is 30.3 Å². The standard InChI is InChI=1S/C24H30N4O2S/c1-27(2)20-14-10-18(11-15-20)23(25)24(19-12-16-21(17-13-19)28(3)4)26-31(29,30)22-8-6-5-7-9-22/h5-17,23-24,26H,25H2,1-4H3/t23-,24-/m1/s1. The van der Waals surface area contributed by atoms with Gasteiger partial charge in [-0.05, 0) is 47.5 Å². The molecule has 31 heavy (non-hydrogen) atoms. The zero-order valence-corrected chi connectivity index (χ0v) is 19.2. The minimum Gasteiger partial charge on any atom is -0.378 e. The zero-order chi connectivity index (χ0) is 22.6. The molecule has 3 N–H and O–H groups in total. The molecule has 3 aromatic carbocycles. The van der Waals surface area contributed by atoms with E-state index in [9.17, 15) is 8.42 Å². The van der Waals surface area contributed by atoms with E-state index in [0.29, 0.717) is 0 Å². The third-order valence-electron chi connectivity index (χ3n) is 5.26. The van der Waals surface area contributed by atoms with Crippen LogP contribution in [0, 0.1) is 0 Å². The number of sulfonamides is 1. The summed E-state index contributed by atoms with van der Waals surface area (Å²) >= 11 is 0. The fraction of sp³-hybridized carbons (Fsp3) is 0.250. The second kappa shape index (κ2) is 9.51. The van der Waals surface area contributed by atoms with Crippen LogP contribution in [0.1, 0.15) is 23.2 Å². The summed E-state index contributed by atoms with van der Waals surface area (Å²) in [7, 11) is 4.11. The van der Waals surface area contributed by atoms with E-state index in [-0.39, 0.29) is 4.90 Å². The molecule has 3 aromatic rings. The first-order valence-corrected chi connectivity index (χ1v) is 11.5. The lowest BCUT2D eigenvalue weighted by molar-refractivity contribution is 0.504. The number of anilines is 2. The van der Waals surface area contributed by atoms with Crippen LogP contribution in [0.5, 0.6) is 0 Å². The minimum absolute atomic E-state index is 0.208. The lowest BCUT2D eigenvalue weighted by atomic mass is 9.94. The molecule has 0 fully saturated rings. The van der Waals surface area contributed by atoms with Gasteiger partial charge in [0.15, 0.2) is 0 Å². The lowest BCUT2D eigenvalue weighted by Crippen LogP contribution is -2.36. The Labute approximate surface area is 185 Å². The third-order valence-corrected chi connectivity index (χ3v) is 6.71. The Kier molecular flexibility index (Phi) is 7.00. The van der Waals surface area contributed by atoms with Crippen LogP contribution in [0.15, 0.2) is 83.8 Å². The molecular weight excluding hydrogens is 408 g/mol. The van der Waals surface area contributed by atoms with Gasteiger partial charge in [0.25, 0.3) is 0 Å². The van der Waals surface area contributed by atoms with Gasteiger partial charge in [-0.2, -0.15) is 0 Å². The smallest absolute Gasteiger partial charge is 0.241 e. The predicted molar refractivity (Wildman–Crippen MR) is 128 cm³/mol. The van der Waals surface area contributed by atoms with Gasteiger partial charge in [0, 0.05) is 39.6 Å². The van der Waals surface area contributed by atoms with Crippen molar-refractivity contribution in [3.05, 3.63) is 90.0 Å². The van der Waals surface area contributed by atoms with Crippen molar-refractivity contribution in [2.75, 3.05) is 38.0 Å². The summed E-state index contributed by atoms with van der Waals surface area (Å²) in [6.07, 6.45) is 0. The number of hydrogen-bond donors (Lipinski definition) is 2. The Bertz CT molecular complexity index is 1080. The highest BCUT2D eigenvalue weighted by Crippen LogP contribution is 2.31. The molecule has 0 heterocycles. The fourth-order valence-corrected chi connectivity index (χ4v) is 4.62. The molecule has 0 unspecified atom stereocenters. The van der Waals surface area contributed by atoms with Gasteiger partial charge in [0.1, 0.15) is 0 Å². The van der Waals surface area contributed by atoms with E-state index >= 15 is 0 Å². The van der Waals surface area contributed by atoms with Gasteiger partial charge in [0.05, 0.1) is 17.0 Å². The van der Waals surface area contributed by atoms with Crippen molar-refractivity contribution in [2.45, 2.75) is 17.0 Å². The number of benzene rings is 3. The van der Waals surface area contributed by atoms with E-state index in [4.69, 9.17) is 5.73 Å². The quantitative estimate of drug-likeness (QED) is 0.562. The van der Waals surface area contributed by atoms with Gasteiger partial charge >= 0.3 is 0 Å². The predicted octanol–water partition coefficient (Wildman–Crippen LogP) is 3.54. The molecule has 3 rings (SSSR count). The lowest BCUT2D eigenvalue weighted by Gasteiger charge is -2.27. The topological polar surface area (TPSA) is 78.7 Å². The van der Waals surface area contributed by atoms with Gasteiger partial charge in [-0.15, -0.1) is 0 Å². The van der Waals surface area contributed by atoms with Crippen molar-refractivity contribution in [1.29, 1.82) is 0 Å². The highest BCUT2D eigenvalue weighted by atomic mass is 32.2. The molecule has 0 radical (unpaired) electrons. The van der Waals surface area contributed by atoms with Crippen LogP contribution >= 0.6 is 0 Å². The summed E-state index contributed by atoms with van der Waals surface area (Å²) in [5.74, 6) is 0. The second-order valence-electron chi connectivity index (χ2n) is 7.91. The summed E-state index contributed by atoms with van der Waals surface area (Å²) in [4.78, 5) is 4.21. The Morgan fingerprint density at radius 1 is 0.710 bits per heavy atom. The minimum atomic E-state index is -3.76. The van der Waals surface area contributed by atoms with E-state index in [2.05, 4.69) is 4.72 Å². The summed E-state index contributed by atoms with van der Waals surface area (Å²) in [5, 5.41) is 0. The maximum Gasteiger partial charge on any atom is 0.241 e. The van der Waals surface area contributed by atoms with Crippen molar-refractivity contribution in [3.63, 3.8) is 0 Å². The molecule has 2 atom stereocenters. The number of nitrogens with one attached hydrogen (secondary N) is 1. The Hall–Kier alpha value is -2.87. The molecule has 0 spiro atoms. The maximum absolute atomic E-state index is 13.1. The Morgan fingerprint density at radius 3 is 1.61 bits per heavy atom. The van der Waals surface area contributed by atoms with Crippen molar-refractivity contribution in [2.24, 2.45) is 5.73 Å². The maximum atomic E-state index is 13.1. The largest absolute Gasteiger partial charge is 0.378 e. The number of nitrogens with two attached hydrogens (primary N) is 1.